The normalized spacial score (nSPS) is 11.5. The van der Waals surface area contributed by atoms with Gasteiger partial charge in [-0.2, -0.15) is 4.73 Å². The highest BCUT2D eigenvalue weighted by Gasteiger charge is 2.21. The summed E-state index contributed by atoms with van der Waals surface area (Å²) in [6, 6.07) is 10.2. The highest BCUT2D eigenvalue weighted by Crippen LogP contribution is 2.02. The Morgan fingerprint density at radius 3 is 2.53 bits per heavy atom. The van der Waals surface area contributed by atoms with E-state index in [9.17, 15) is 0 Å². The number of imidazole rings is 1. The Hall–Kier alpha value is -1.55. The van der Waals surface area contributed by atoms with E-state index in [0.29, 0.717) is 6.61 Å². The van der Waals surface area contributed by atoms with Gasteiger partial charge < -0.3 is 4.84 Å². The SMILES string of the molecule is C[Si](C)(C)c1cncn1OCc1ccccc1. The fraction of sp³-hybridized carbons (Fsp3) is 0.308. The number of hydrogen-bond acceptors (Lipinski definition) is 2. The van der Waals surface area contributed by atoms with Crippen LogP contribution in [0.3, 0.4) is 0 Å². The molecular formula is C13H18N2OSi. The zero-order valence-electron chi connectivity index (χ0n) is 10.6. The lowest BCUT2D eigenvalue weighted by Gasteiger charge is -2.18. The Morgan fingerprint density at radius 1 is 1.18 bits per heavy atom. The van der Waals surface area contributed by atoms with Crippen molar-refractivity contribution < 1.29 is 4.84 Å². The molecule has 3 nitrogen and oxygen atoms in total. The third kappa shape index (κ3) is 2.97. The summed E-state index contributed by atoms with van der Waals surface area (Å²) in [5.74, 6) is 0. The molecule has 0 aliphatic rings. The van der Waals surface area contributed by atoms with Crippen LogP contribution < -0.4 is 10.2 Å². The third-order valence-corrected chi connectivity index (χ3v) is 4.47. The zero-order valence-corrected chi connectivity index (χ0v) is 11.6. The van der Waals surface area contributed by atoms with Crippen LogP contribution in [0.15, 0.2) is 42.9 Å². The second-order valence-corrected chi connectivity index (χ2v) is 10.1. The first kappa shape index (κ1) is 11.9. The highest BCUT2D eigenvalue weighted by atomic mass is 28.3. The van der Waals surface area contributed by atoms with Gasteiger partial charge in [0.1, 0.15) is 21.0 Å². The molecule has 2 rings (SSSR count). The van der Waals surface area contributed by atoms with E-state index in [4.69, 9.17) is 4.84 Å². The molecule has 90 valence electrons. The van der Waals surface area contributed by atoms with E-state index in [1.54, 1.807) is 6.33 Å². The summed E-state index contributed by atoms with van der Waals surface area (Å²) >= 11 is 0. The average molecular weight is 246 g/mol. The molecule has 0 fully saturated rings. The van der Waals surface area contributed by atoms with Gasteiger partial charge in [0.2, 0.25) is 0 Å². The van der Waals surface area contributed by atoms with Crippen LogP contribution >= 0.6 is 0 Å². The maximum atomic E-state index is 5.78. The van der Waals surface area contributed by atoms with Crippen molar-refractivity contribution in [1.82, 2.24) is 9.71 Å². The summed E-state index contributed by atoms with van der Waals surface area (Å²) in [5.41, 5.74) is 1.17. The van der Waals surface area contributed by atoms with E-state index >= 15 is 0 Å². The number of aromatic nitrogens is 2. The van der Waals surface area contributed by atoms with Crippen LogP contribution in [-0.4, -0.2) is 17.8 Å². The van der Waals surface area contributed by atoms with Gasteiger partial charge in [0, 0.05) is 6.20 Å². The quantitative estimate of drug-likeness (QED) is 0.772. The molecule has 0 bridgehead atoms. The maximum absolute atomic E-state index is 5.78. The van der Waals surface area contributed by atoms with Crippen molar-refractivity contribution >= 4 is 13.4 Å². The summed E-state index contributed by atoms with van der Waals surface area (Å²) in [6.45, 7) is 7.43. The van der Waals surface area contributed by atoms with Crippen LogP contribution in [0.4, 0.5) is 0 Å². The summed E-state index contributed by atoms with van der Waals surface area (Å²) in [7, 11) is -1.39. The minimum Gasteiger partial charge on any atom is -0.408 e. The summed E-state index contributed by atoms with van der Waals surface area (Å²) in [5, 5.41) is 1.22. The van der Waals surface area contributed by atoms with Crippen molar-refractivity contribution in [2.75, 3.05) is 0 Å². The first-order chi connectivity index (χ1) is 8.07. The van der Waals surface area contributed by atoms with Crippen molar-refractivity contribution in [1.29, 1.82) is 0 Å². The van der Waals surface area contributed by atoms with Gasteiger partial charge in [0.25, 0.3) is 0 Å². The standard InChI is InChI=1S/C13H18N2OSi/c1-17(2,3)13-9-14-11-15(13)16-10-12-7-5-4-6-8-12/h4-9,11H,10H2,1-3H3. The van der Waals surface area contributed by atoms with E-state index in [1.165, 1.54) is 10.9 Å². The van der Waals surface area contributed by atoms with Crippen LogP contribution in [-0.2, 0) is 6.61 Å². The Bertz CT molecular complexity index is 474. The molecule has 2 aromatic rings. The van der Waals surface area contributed by atoms with E-state index < -0.39 is 8.07 Å². The molecule has 17 heavy (non-hydrogen) atoms. The van der Waals surface area contributed by atoms with Gasteiger partial charge in [-0.05, 0) is 5.56 Å². The predicted molar refractivity (Wildman–Crippen MR) is 71.9 cm³/mol. The first-order valence-electron chi connectivity index (χ1n) is 5.77. The van der Waals surface area contributed by atoms with Gasteiger partial charge in [0.05, 0.1) is 5.32 Å². The van der Waals surface area contributed by atoms with Gasteiger partial charge in [0.15, 0.2) is 0 Å². The van der Waals surface area contributed by atoms with Gasteiger partial charge in [-0.3, -0.25) is 0 Å². The second-order valence-electron chi connectivity index (χ2n) is 5.11. The van der Waals surface area contributed by atoms with Gasteiger partial charge in [-0.25, -0.2) is 4.98 Å². The van der Waals surface area contributed by atoms with E-state index in [2.05, 4.69) is 36.8 Å². The van der Waals surface area contributed by atoms with Crippen LogP contribution in [0.1, 0.15) is 5.56 Å². The predicted octanol–water partition coefficient (Wildman–Crippen LogP) is 2.06. The lowest BCUT2D eigenvalue weighted by Crippen LogP contribution is -2.44. The molecule has 0 saturated carbocycles. The Kier molecular flexibility index (Phi) is 3.33. The molecule has 0 saturated heterocycles. The van der Waals surface area contributed by atoms with Crippen LogP contribution in [0.2, 0.25) is 19.6 Å². The monoisotopic (exact) mass is 246 g/mol. The number of rotatable bonds is 4. The molecule has 0 unspecified atom stereocenters. The fourth-order valence-corrected chi connectivity index (χ4v) is 2.87. The van der Waals surface area contributed by atoms with E-state index in [0.717, 1.165) is 0 Å². The summed E-state index contributed by atoms with van der Waals surface area (Å²) in [6.07, 6.45) is 3.66. The largest absolute Gasteiger partial charge is 0.408 e. The van der Waals surface area contributed by atoms with Crippen molar-refractivity contribution in [2.24, 2.45) is 0 Å². The lowest BCUT2D eigenvalue weighted by atomic mass is 10.2. The average Bonchev–Trinajstić information content (AvgIpc) is 2.75. The van der Waals surface area contributed by atoms with E-state index in [-0.39, 0.29) is 0 Å². The number of nitrogens with zero attached hydrogens (tertiary/aromatic N) is 2. The molecule has 1 aromatic heterocycles. The van der Waals surface area contributed by atoms with Gasteiger partial charge >= 0.3 is 0 Å². The topological polar surface area (TPSA) is 27.1 Å². The molecule has 1 aromatic carbocycles. The molecule has 0 atom stereocenters. The third-order valence-electron chi connectivity index (χ3n) is 2.59. The summed E-state index contributed by atoms with van der Waals surface area (Å²) in [4.78, 5) is 9.95. The Labute approximate surface area is 103 Å². The van der Waals surface area contributed by atoms with Gasteiger partial charge in [-0.15, -0.1) is 0 Å². The molecule has 0 radical (unpaired) electrons. The molecule has 4 heteroatoms. The van der Waals surface area contributed by atoms with E-state index in [1.807, 2.05) is 29.1 Å². The van der Waals surface area contributed by atoms with Crippen LogP contribution in [0, 0.1) is 0 Å². The van der Waals surface area contributed by atoms with Crippen molar-refractivity contribution in [3.05, 3.63) is 48.4 Å². The smallest absolute Gasteiger partial charge is 0.140 e. The number of benzene rings is 1. The lowest BCUT2D eigenvalue weighted by molar-refractivity contribution is 0.103. The first-order valence-corrected chi connectivity index (χ1v) is 9.27. The maximum Gasteiger partial charge on any atom is 0.140 e. The Balaban J connectivity index is 2.08. The Morgan fingerprint density at radius 2 is 1.88 bits per heavy atom. The van der Waals surface area contributed by atoms with Crippen molar-refractivity contribution in [2.45, 2.75) is 26.2 Å². The summed E-state index contributed by atoms with van der Waals surface area (Å²) < 4.78 is 1.82. The number of hydrogen-bond donors (Lipinski definition) is 0. The molecule has 0 spiro atoms. The molecule has 0 amide bonds. The fourth-order valence-electron chi connectivity index (χ4n) is 1.63. The second kappa shape index (κ2) is 4.75. The van der Waals surface area contributed by atoms with Gasteiger partial charge in [-0.1, -0.05) is 50.0 Å². The molecular weight excluding hydrogens is 228 g/mol. The molecule has 0 aliphatic carbocycles. The highest BCUT2D eigenvalue weighted by molar-refractivity contribution is 6.88. The molecule has 1 heterocycles. The van der Waals surface area contributed by atoms with Crippen molar-refractivity contribution in [3.63, 3.8) is 0 Å². The molecule has 0 aliphatic heterocycles. The zero-order chi connectivity index (χ0) is 12.3. The van der Waals surface area contributed by atoms with Crippen molar-refractivity contribution in [3.8, 4) is 0 Å². The minimum atomic E-state index is -1.39. The molecule has 0 N–H and O–H groups in total. The minimum absolute atomic E-state index is 0.578. The van der Waals surface area contributed by atoms with Crippen LogP contribution in [0.25, 0.3) is 0 Å². The van der Waals surface area contributed by atoms with Crippen LogP contribution in [0.5, 0.6) is 0 Å².